The molecule has 98 valence electrons. The second-order valence-electron chi connectivity index (χ2n) is 5.35. The second kappa shape index (κ2) is 5.78. The molecule has 2 aliphatic rings. The summed E-state index contributed by atoms with van der Waals surface area (Å²) in [7, 11) is 0. The lowest BCUT2D eigenvalue weighted by atomic mass is 10.1. The summed E-state index contributed by atoms with van der Waals surface area (Å²) in [4.78, 5) is 9.34. The van der Waals surface area contributed by atoms with Crippen LogP contribution in [0, 0.1) is 0 Å². The largest absolute Gasteiger partial charge is 0.315 e. The maximum atomic E-state index is 4.17. The van der Waals surface area contributed by atoms with Gasteiger partial charge in [0.2, 0.25) is 0 Å². The van der Waals surface area contributed by atoms with Crippen molar-refractivity contribution in [2.24, 2.45) is 0 Å². The third kappa shape index (κ3) is 2.88. The molecule has 0 amide bonds. The summed E-state index contributed by atoms with van der Waals surface area (Å²) in [6, 6.07) is 4.96. The molecule has 0 saturated carbocycles. The Morgan fingerprint density at radius 1 is 1.28 bits per heavy atom. The molecule has 1 aromatic rings. The SMILES string of the molecule is c1cncc(CN2CC(N3CCCNCC3)C2)c1. The first-order valence-corrected chi connectivity index (χ1v) is 6.98. The van der Waals surface area contributed by atoms with Gasteiger partial charge in [0.05, 0.1) is 0 Å². The lowest BCUT2D eigenvalue weighted by molar-refractivity contribution is 0.0321. The molecule has 0 aromatic carbocycles. The first-order valence-electron chi connectivity index (χ1n) is 6.98. The van der Waals surface area contributed by atoms with E-state index in [4.69, 9.17) is 0 Å². The first kappa shape index (κ1) is 12.1. The summed E-state index contributed by atoms with van der Waals surface area (Å²) in [5, 5.41) is 3.47. The molecule has 4 heteroatoms. The second-order valence-corrected chi connectivity index (χ2v) is 5.35. The van der Waals surface area contributed by atoms with Gasteiger partial charge in [-0.25, -0.2) is 0 Å². The smallest absolute Gasteiger partial charge is 0.0351 e. The molecular formula is C14H22N4. The number of aromatic nitrogens is 1. The zero-order valence-corrected chi connectivity index (χ0v) is 10.9. The lowest BCUT2D eigenvalue weighted by Crippen LogP contribution is -2.59. The molecule has 0 unspecified atom stereocenters. The van der Waals surface area contributed by atoms with E-state index in [2.05, 4.69) is 26.2 Å². The third-order valence-corrected chi connectivity index (χ3v) is 3.96. The van der Waals surface area contributed by atoms with Crippen LogP contribution in [0.5, 0.6) is 0 Å². The Bertz CT molecular complexity index is 353. The van der Waals surface area contributed by atoms with Crippen LogP contribution in [0.25, 0.3) is 0 Å². The molecule has 0 bridgehead atoms. The number of nitrogens with zero attached hydrogens (tertiary/aromatic N) is 3. The van der Waals surface area contributed by atoms with Crippen molar-refractivity contribution in [3.8, 4) is 0 Å². The fraction of sp³-hybridized carbons (Fsp3) is 0.643. The molecule has 3 heterocycles. The Morgan fingerprint density at radius 3 is 3.06 bits per heavy atom. The Kier molecular flexibility index (Phi) is 3.88. The zero-order chi connectivity index (χ0) is 12.2. The van der Waals surface area contributed by atoms with Crippen LogP contribution in [-0.4, -0.2) is 60.1 Å². The number of hydrogen-bond donors (Lipinski definition) is 1. The Labute approximate surface area is 109 Å². The molecule has 1 aromatic heterocycles. The van der Waals surface area contributed by atoms with E-state index < -0.39 is 0 Å². The van der Waals surface area contributed by atoms with Gasteiger partial charge in [0.25, 0.3) is 0 Å². The van der Waals surface area contributed by atoms with E-state index >= 15 is 0 Å². The van der Waals surface area contributed by atoms with Gasteiger partial charge in [-0.15, -0.1) is 0 Å². The van der Waals surface area contributed by atoms with Crippen LogP contribution in [0.15, 0.2) is 24.5 Å². The van der Waals surface area contributed by atoms with Crippen LogP contribution in [0.2, 0.25) is 0 Å². The summed E-state index contributed by atoms with van der Waals surface area (Å²) >= 11 is 0. The van der Waals surface area contributed by atoms with Gasteiger partial charge in [-0.05, 0) is 31.1 Å². The van der Waals surface area contributed by atoms with E-state index in [0.29, 0.717) is 0 Å². The van der Waals surface area contributed by atoms with Gasteiger partial charge in [-0.2, -0.15) is 0 Å². The fourth-order valence-corrected chi connectivity index (χ4v) is 2.88. The van der Waals surface area contributed by atoms with Gasteiger partial charge in [0, 0.05) is 51.2 Å². The molecule has 1 N–H and O–H groups in total. The molecule has 2 aliphatic heterocycles. The molecule has 0 radical (unpaired) electrons. The van der Waals surface area contributed by atoms with E-state index in [0.717, 1.165) is 19.1 Å². The highest BCUT2D eigenvalue weighted by Crippen LogP contribution is 2.18. The fourth-order valence-electron chi connectivity index (χ4n) is 2.88. The van der Waals surface area contributed by atoms with Crippen LogP contribution in [0.3, 0.4) is 0 Å². The molecule has 4 nitrogen and oxygen atoms in total. The van der Waals surface area contributed by atoms with Crippen LogP contribution in [-0.2, 0) is 6.54 Å². The van der Waals surface area contributed by atoms with E-state index in [1.807, 2.05) is 18.5 Å². The maximum Gasteiger partial charge on any atom is 0.0351 e. The molecule has 3 rings (SSSR count). The molecular weight excluding hydrogens is 224 g/mol. The summed E-state index contributed by atoms with van der Waals surface area (Å²) in [5.41, 5.74) is 1.33. The summed E-state index contributed by atoms with van der Waals surface area (Å²) in [6.07, 6.45) is 5.11. The third-order valence-electron chi connectivity index (χ3n) is 3.96. The summed E-state index contributed by atoms with van der Waals surface area (Å²) in [6.45, 7) is 8.30. The predicted molar refractivity (Wildman–Crippen MR) is 72.4 cm³/mol. The van der Waals surface area contributed by atoms with E-state index in [-0.39, 0.29) is 0 Å². The van der Waals surface area contributed by atoms with Gasteiger partial charge in [0.15, 0.2) is 0 Å². The van der Waals surface area contributed by atoms with Crippen molar-refractivity contribution in [1.29, 1.82) is 0 Å². The van der Waals surface area contributed by atoms with Crippen molar-refractivity contribution < 1.29 is 0 Å². The van der Waals surface area contributed by atoms with Gasteiger partial charge < -0.3 is 5.32 Å². The van der Waals surface area contributed by atoms with Gasteiger partial charge in [-0.3, -0.25) is 14.8 Å². The van der Waals surface area contributed by atoms with Crippen LogP contribution in [0.1, 0.15) is 12.0 Å². The van der Waals surface area contributed by atoms with Crippen molar-refractivity contribution in [2.75, 3.05) is 39.3 Å². The maximum absolute atomic E-state index is 4.17. The van der Waals surface area contributed by atoms with E-state index in [9.17, 15) is 0 Å². The number of likely N-dealkylation sites (tertiary alicyclic amines) is 1. The molecule has 2 fully saturated rings. The topological polar surface area (TPSA) is 31.4 Å². The normalized spacial score (nSPS) is 23.6. The quantitative estimate of drug-likeness (QED) is 0.844. The number of nitrogens with one attached hydrogen (secondary N) is 1. The number of hydrogen-bond acceptors (Lipinski definition) is 4. The molecule has 18 heavy (non-hydrogen) atoms. The van der Waals surface area contributed by atoms with Crippen LogP contribution >= 0.6 is 0 Å². The van der Waals surface area contributed by atoms with Crippen LogP contribution < -0.4 is 5.32 Å². The first-order chi connectivity index (χ1) is 8.92. The minimum absolute atomic E-state index is 0.779. The monoisotopic (exact) mass is 246 g/mol. The average Bonchev–Trinajstić information content (AvgIpc) is 2.63. The predicted octanol–water partition coefficient (Wildman–Crippen LogP) is 0.561. The Balaban J connectivity index is 1.45. The highest BCUT2D eigenvalue weighted by molar-refractivity contribution is 5.09. The molecule has 0 spiro atoms. The Hall–Kier alpha value is -0.970. The average molecular weight is 246 g/mol. The Morgan fingerprint density at radius 2 is 2.22 bits per heavy atom. The van der Waals surface area contributed by atoms with Crippen molar-refractivity contribution in [1.82, 2.24) is 20.1 Å². The van der Waals surface area contributed by atoms with Crippen molar-refractivity contribution in [3.05, 3.63) is 30.1 Å². The molecule has 2 saturated heterocycles. The van der Waals surface area contributed by atoms with Gasteiger partial charge in [0.1, 0.15) is 0 Å². The van der Waals surface area contributed by atoms with Crippen molar-refractivity contribution in [3.63, 3.8) is 0 Å². The standard InChI is InChI=1S/C14H22N4/c1-3-13(9-16-4-1)10-17-11-14(12-17)18-7-2-5-15-6-8-18/h1,3-4,9,14-15H,2,5-8,10-12H2. The van der Waals surface area contributed by atoms with Gasteiger partial charge in [-0.1, -0.05) is 6.07 Å². The zero-order valence-electron chi connectivity index (χ0n) is 10.9. The van der Waals surface area contributed by atoms with Gasteiger partial charge >= 0.3 is 0 Å². The number of pyridine rings is 1. The van der Waals surface area contributed by atoms with Crippen LogP contribution in [0.4, 0.5) is 0 Å². The summed E-state index contributed by atoms with van der Waals surface area (Å²) < 4.78 is 0. The minimum Gasteiger partial charge on any atom is -0.315 e. The molecule has 0 aliphatic carbocycles. The molecule has 0 atom stereocenters. The minimum atomic E-state index is 0.779. The van der Waals surface area contributed by atoms with Crippen molar-refractivity contribution in [2.45, 2.75) is 19.0 Å². The van der Waals surface area contributed by atoms with Crippen molar-refractivity contribution >= 4 is 0 Å². The van der Waals surface area contributed by atoms with E-state index in [1.165, 1.54) is 44.7 Å². The summed E-state index contributed by atoms with van der Waals surface area (Å²) in [5.74, 6) is 0. The number of rotatable bonds is 3. The highest BCUT2D eigenvalue weighted by Gasteiger charge is 2.31. The lowest BCUT2D eigenvalue weighted by Gasteiger charge is -2.45. The van der Waals surface area contributed by atoms with E-state index in [1.54, 1.807) is 0 Å². The highest BCUT2D eigenvalue weighted by atomic mass is 15.3.